The molecule has 0 radical (unpaired) electrons. The third-order valence-corrected chi connectivity index (χ3v) is 5.64. The van der Waals surface area contributed by atoms with Crippen LogP contribution in [-0.2, 0) is 4.79 Å². The number of methoxy groups -OCH3 is 1. The summed E-state index contributed by atoms with van der Waals surface area (Å²) in [6, 6.07) is 21.9. The highest BCUT2D eigenvalue weighted by atomic mass is 16.5. The van der Waals surface area contributed by atoms with Crippen molar-refractivity contribution in [1.82, 2.24) is 14.7 Å². The summed E-state index contributed by atoms with van der Waals surface area (Å²) in [7, 11) is 1.66. The molecular weight excluding hydrogens is 386 g/mol. The number of rotatable bonds is 7. The molecule has 0 aliphatic rings. The fraction of sp³-hybridized carbons (Fsp3) is 0.231. The first kappa shape index (κ1) is 20.7. The molecule has 2 unspecified atom stereocenters. The van der Waals surface area contributed by atoms with Gasteiger partial charge in [0.1, 0.15) is 11.4 Å². The average Bonchev–Trinajstić information content (AvgIpc) is 3.20. The first-order chi connectivity index (χ1) is 15.1. The maximum atomic E-state index is 13.1. The molecule has 0 aliphatic heterocycles. The van der Waals surface area contributed by atoms with Crippen molar-refractivity contribution < 1.29 is 9.53 Å². The van der Waals surface area contributed by atoms with E-state index in [9.17, 15) is 4.79 Å². The van der Waals surface area contributed by atoms with E-state index >= 15 is 0 Å². The number of carbonyl (C=O) groups excluding carboxylic acids is 1. The average molecular weight is 414 g/mol. The van der Waals surface area contributed by atoms with E-state index in [-0.39, 0.29) is 17.9 Å². The van der Waals surface area contributed by atoms with Crippen molar-refractivity contribution in [3.63, 3.8) is 0 Å². The molecule has 2 atom stereocenters. The number of imidazole rings is 1. The normalized spacial score (nSPS) is 13.0. The van der Waals surface area contributed by atoms with Crippen LogP contribution in [0.1, 0.15) is 47.7 Å². The lowest BCUT2D eigenvalue weighted by atomic mass is 9.91. The number of aryl methyl sites for hydroxylation is 1. The Morgan fingerprint density at radius 3 is 2.61 bits per heavy atom. The Bertz CT molecular complexity index is 1180. The number of nitrogens with zero attached hydrogens (tertiary/aromatic N) is 2. The number of fused-ring (bicyclic) bond motifs is 1. The number of carbonyl (C=O) groups is 1. The molecule has 0 saturated heterocycles. The van der Waals surface area contributed by atoms with E-state index in [1.807, 2.05) is 86.9 Å². The fourth-order valence-corrected chi connectivity index (χ4v) is 4.00. The molecule has 0 fully saturated rings. The lowest BCUT2D eigenvalue weighted by Gasteiger charge is -2.21. The van der Waals surface area contributed by atoms with Crippen LogP contribution in [0.2, 0.25) is 0 Å². The largest absolute Gasteiger partial charge is 0.496 e. The third kappa shape index (κ3) is 4.45. The van der Waals surface area contributed by atoms with E-state index < -0.39 is 0 Å². The number of nitrogens with one attached hydrogen (secondary N) is 1. The standard InChI is InChI=1S/C26H27N3O2/c1-18-13-14-29-23(17-27-25(29)15-18)22(21-11-7-8-12-24(21)31-3)16-26(30)28-19(2)20-9-5-4-6-10-20/h4-15,17,19,22H,16H2,1-3H3,(H,28,30). The summed E-state index contributed by atoms with van der Waals surface area (Å²) in [5.41, 5.74) is 5.02. The van der Waals surface area contributed by atoms with Crippen molar-refractivity contribution >= 4 is 11.6 Å². The first-order valence-corrected chi connectivity index (χ1v) is 10.5. The topological polar surface area (TPSA) is 55.6 Å². The number of hydrogen-bond donors (Lipinski definition) is 1. The molecule has 4 aromatic rings. The summed E-state index contributed by atoms with van der Waals surface area (Å²) in [6.45, 7) is 4.05. The Labute approximate surface area is 182 Å². The molecule has 5 heteroatoms. The monoisotopic (exact) mass is 413 g/mol. The van der Waals surface area contributed by atoms with Crippen LogP contribution in [0.5, 0.6) is 5.75 Å². The summed E-state index contributed by atoms with van der Waals surface area (Å²) >= 11 is 0. The quantitative estimate of drug-likeness (QED) is 0.461. The maximum Gasteiger partial charge on any atom is 0.221 e. The molecule has 158 valence electrons. The third-order valence-electron chi connectivity index (χ3n) is 5.64. The smallest absolute Gasteiger partial charge is 0.221 e. The lowest BCUT2D eigenvalue weighted by Crippen LogP contribution is -2.28. The number of benzene rings is 2. The molecule has 2 heterocycles. The Morgan fingerprint density at radius 1 is 1.10 bits per heavy atom. The van der Waals surface area contributed by atoms with Gasteiger partial charge in [0.05, 0.1) is 18.8 Å². The van der Waals surface area contributed by atoms with E-state index in [2.05, 4.69) is 20.8 Å². The highest BCUT2D eigenvalue weighted by Gasteiger charge is 2.25. The van der Waals surface area contributed by atoms with Gasteiger partial charge >= 0.3 is 0 Å². The van der Waals surface area contributed by atoms with E-state index in [0.717, 1.165) is 33.8 Å². The number of para-hydroxylation sites is 1. The molecule has 2 aromatic carbocycles. The molecule has 0 saturated carbocycles. The van der Waals surface area contributed by atoms with Gasteiger partial charge in [-0.05, 0) is 43.2 Å². The zero-order valence-corrected chi connectivity index (χ0v) is 18.1. The predicted octanol–water partition coefficient (Wildman–Crippen LogP) is 5.05. The number of ether oxygens (including phenoxy) is 1. The van der Waals surface area contributed by atoms with Gasteiger partial charge in [0.15, 0.2) is 0 Å². The Kier molecular flexibility index (Phi) is 6.03. The zero-order valence-electron chi connectivity index (χ0n) is 18.1. The van der Waals surface area contributed by atoms with Crippen molar-refractivity contribution in [2.24, 2.45) is 0 Å². The number of hydrogen-bond acceptors (Lipinski definition) is 3. The Morgan fingerprint density at radius 2 is 1.84 bits per heavy atom. The van der Waals surface area contributed by atoms with Gasteiger partial charge in [0.25, 0.3) is 0 Å². The van der Waals surface area contributed by atoms with Gasteiger partial charge in [-0.25, -0.2) is 4.98 Å². The molecule has 1 N–H and O–H groups in total. The second kappa shape index (κ2) is 9.04. The molecule has 4 rings (SSSR count). The van der Waals surface area contributed by atoms with E-state index in [4.69, 9.17) is 4.74 Å². The molecule has 5 nitrogen and oxygen atoms in total. The Balaban J connectivity index is 1.68. The van der Waals surface area contributed by atoms with Crippen molar-refractivity contribution in [3.8, 4) is 5.75 Å². The van der Waals surface area contributed by atoms with Crippen molar-refractivity contribution in [2.45, 2.75) is 32.2 Å². The molecule has 0 aliphatic carbocycles. The maximum absolute atomic E-state index is 13.1. The second-order valence-electron chi connectivity index (χ2n) is 7.81. The van der Waals surface area contributed by atoms with E-state index in [1.165, 1.54) is 0 Å². The molecule has 31 heavy (non-hydrogen) atoms. The van der Waals surface area contributed by atoms with Crippen LogP contribution in [0.15, 0.2) is 79.1 Å². The van der Waals surface area contributed by atoms with Gasteiger partial charge in [-0.1, -0.05) is 48.5 Å². The van der Waals surface area contributed by atoms with Crippen LogP contribution < -0.4 is 10.1 Å². The van der Waals surface area contributed by atoms with Crippen molar-refractivity contribution in [2.75, 3.05) is 7.11 Å². The van der Waals surface area contributed by atoms with Gasteiger partial charge in [-0.2, -0.15) is 0 Å². The number of pyridine rings is 1. The molecular formula is C26H27N3O2. The SMILES string of the molecule is COc1ccccc1C(CC(=O)NC(C)c1ccccc1)c1cnc2cc(C)ccn12. The van der Waals surface area contributed by atoms with Crippen LogP contribution in [-0.4, -0.2) is 22.4 Å². The number of aromatic nitrogens is 2. The van der Waals surface area contributed by atoms with Crippen LogP contribution in [0.3, 0.4) is 0 Å². The summed E-state index contributed by atoms with van der Waals surface area (Å²) in [6.07, 6.45) is 4.17. The van der Waals surface area contributed by atoms with Crippen LogP contribution in [0.25, 0.3) is 5.65 Å². The highest BCUT2D eigenvalue weighted by molar-refractivity contribution is 5.78. The summed E-state index contributed by atoms with van der Waals surface area (Å²) in [5, 5.41) is 3.14. The van der Waals surface area contributed by atoms with Gasteiger partial charge in [0, 0.05) is 30.3 Å². The zero-order chi connectivity index (χ0) is 21.8. The van der Waals surface area contributed by atoms with Gasteiger partial charge in [-0.3, -0.25) is 4.79 Å². The molecule has 0 spiro atoms. The summed E-state index contributed by atoms with van der Waals surface area (Å²) < 4.78 is 7.68. The minimum atomic E-state index is -0.197. The Hall–Kier alpha value is -3.60. The minimum Gasteiger partial charge on any atom is -0.496 e. The number of amides is 1. The van der Waals surface area contributed by atoms with Gasteiger partial charge in [0.2, 0.25) is 5.91 Å². The van der Waals surface area contributed by atoms with E-state index in [0.29, 0.717) is 6.42 Å². The molecule has 0 bridgehead atoms. The van der Waals surface area contributed by atoms with Crippen LogP contribution in [0.4, 0.5) is 0 Å². The molecule has 2 aromatic heterocycles. The van der Waals surface area contributed by atoms with Gasteiger partial charge in [-0.15, -0.1) is 0 Å². The van der Waals surface area contributed by atoms with E-state index in [1.54, 1.807) is 7.11 Å². The first-order valence-electron chi connectivity index (χ1n) is 10.5. The van der Waals surface area contributed by atoms with Crippen molar-refractivity contribution in [1.29, 1.82) is 0 Å². The highest BCUT2D eigenvalue weighted by Crippen LogP contribution is 2.35. The van der Waals surface area contributed by atoms with Crippen molar-refractivity contribution in [3.05, 3.63) is 102 Å². The predicted molar refractivity (Wildman–Crippen MR) is 122 cm³/mol. The summed E-state index contributed by atoms with van der Waals surface area (Å²) in [4.78, 5) is 17.7. The summed E-state index contributed by atoms with van der Waals surface area (Å²) in [5.74, 6) is 0.546. The minimum absolute atomic E-state index is 0.0191. The van der Waals surface area contributed by atoms with Crippen LogP contribution >= 0.6 is 0 Å². The van der Waals surface area contributed by atoms with Gasteiger partial charge < -0.3 is 14.5 Å². The molecule has 1 amide bonds. The second-order valence-corrected chi connectivity index (χ2v) is 7.81. The van der Waals surface area contributed by atoms with Crippen LogP contribution in [0, 0.1) is 6.92 Å². The fourth-order valence-electron chi connectivity index (χ4n) is 4.00. The lowest BCUT2D eigenvalue weighted by molar-refractivity contribution is -0.122.